The number of hydrogen-bond acceptors (Lipinski definition) is 4. The minimum atomic E-state index is -3.70. The van der Waals surface area contributed by atoms with Crippen LogP contribution in [0.2, 0.25) is 10.0 Å². The summed E-state index contributed by atoms with van der Waals surface area (Å²) < 4.78 is 27.7. The largest absolute Gasteiger partial charge is 0.357 e. The lowest BCUT2D eigenvalue weighted by Crippen LogP contribution is -2.47. The number of carbonyl (C=O) groups is 2. The van der Waals surface area contributed by atoms with Crippen molar-refractivity contribution in [3.05, 3.63) is 70.2 Å². The second kappa shape index (κ2) is 10.0. The normalized spacial score (nSPS) is 14.7. The number of hydrogen-bond donors (Lipinski definition) is 1. The Hall–Kier alpha value is -2.81. The van der Waals surface area contributed by atoms with Crippen LogP contribution in [0.1, 0.15) is 25.3 Å². The van der Waals surface area contributed by atoms with Gasteiger partial charge < -0.3 is 10.2 Å². The first-order valence-electron chi connectivity index (χ1n) is 11.1. The van der Waals surface area contributed by atoms with Gasteiger partial charge >= 0.3 is 0 Å². The molecule has 3 aromatic rings. The van der Waals surface area contributed by atoms with Crippen LogP contribution in [0.25, 0.3) is 10.8 Å². The minimum Gasteiger partial charge on any atom is -0.357 e. The number of likely N-dealkylation sites (N-methyl/N-ethyl adjacent to an activating group) is 1. The van der Waals surface area contributed by atoms with Gasteiger partial charge in [-0.3, -0.25) is 13.9 Å². The summed E-state index contributed by atoms with van der Waals surface area (Å²) in [6, 6.07) is 15.0. The fourth-order valence-corrected chi connectivity index (χ4v) is 6.63. The van der Waals surface area contributed by atoms with Gasteiger partial charge in [0.2, 0.25) is 11.8 Å². The van der Waals surface area contributed by atoms with Gasteiger partial charge in [0.05, 0.1) is 10.6 Å². The third-order valence-electron chi connectivity index (χ3n) is 6.24. The Morgan fingerprint density at radius 2 is 1.66 bits per heavy atom. The van der Waals surface area contributed by atoms with Crippen molar-refractivity contribution < 1.29 is 18.0 Å². The van der Waals surface area contributed by atoms with Gasteiger partial charge in [0.25, 0.3) is 10.0 Å². The van der Waals surface area contributed by atoms with E-state index in [9.17, 15) is 18.0 Å². The maximum absolute atomic E-state index is 13.3. The molecule has 2 amide bonds. The van der Waals surface area contributed by atoms with E-state index < -0.39 is 16.1 Å². The SMILES string of the molecule is CNC(=O)C(C)N(Cc1c(Cl)cccc1Cl)C(=O)CCCN1c2cccc3cccc(c23)S1(=O)=O. The molecule has 10 heteroatoms. The molecule has 1 aliphatic heterocycles. The second-order valence-electron chi connectivity index (χ2n) is 8.32. The Labute approximate surface area is 214 Å². The molecule has 0 bridgehead atoms. The first-order valence-corrected chi connectivity index (χ1v) is 13.3. The molecule has 0 saturated carbocycles. The molecule has 1 aliphatic rings. The molecule has 35 heavy (non-hydrogen) atoms. The van der Waals surface area contributed by atoms with Crippen LogP contribution in [0.3, 0.4) is 0 Å². The monoisotopic (exact) mass is 533 g/mol. The van der Waals surface area contributed by atoms with E-state index in [1.54, 1.807) is 43.3 Å². The second-order valence-corrected chi connectivity index (χ2v) is 11.0. The highest BCUT2D eigenvalue weighted by molar-refractivity contribution is 7.93. The van der Waals surface area contributed by atoms with Crippen molar-refractivity contribution in [3.63, 3.8) is 0 Å². The smallest absolute Gasteiger partial charge is 0.265 e. The molecule has 1 atom stereocenters. The summed E-state index contributed by atoms with van der Waals surface area (Å²) in [4.78, 5) is 27.3. The Kier molecular flexibility index (Phi) is 7.26. The fraction of sp³-hybridized carbons (Fsp3) is 0.280. The number of halogens is 2. The van der Waals surface area contributed by atoms with Crippen LogP contribution < -0.4 is 9.62 Å². The molecule has 0 aliphatic carbocycles. The number of amides is 2. The zero-order valence-corrected chi connectivity index (χ0v) is 21.6. The standard InChI is InChI=1S/C25H25Cl2N3O4S/c1-16(25(32)28-2)29(15-18-19(26)9-5-10-20(18)27)23(31)13-6-14-30-21-11-3-7-17-8-4-12-22(24(17)21)35(30,33)34/h3-5,7-12,16H,6,13-15H2,1-2H3,(H,28,32). The summed E-state index contributed by atoms with van der Waals surface area (Å²) in [6.07, 6.45) is 0.317. The van der Waals surface area contributed by atoms with Gasteiger partial charge in [0, 0.05) is 47.6 Å². The van der Waals surface area contributed by atoms with Crippen molar-refractivity contribution in [3.8, 4) is 0 Å². The van der Waals surface area contributed by atoms with Gasteiger partial charge in [0.15, 0.2) is 0 Å². The number of sulfonamides is 1. The summed E-state index contributed by atoms with van der Waals surface area (Å²) in [6.45, 7) is 1.82. The fourth-order valence-electron chi connectivity index (χ4n) is 4.36. The molecule has 0 radical (unpaired) electrons. The quantitative estimate of drug-likeness (QED) is 0.458. The molecule has 4 rings (SSSR count). The van der Waals surface area contributed by atoms with Crippen molar-refractivity contribution in [2.24, 2.45) is 0 Å². The maximum atomic E-state index is 13.3. The van der Waals surface area contributed by atoms with Crippen LogP contribution in [0.5, 0.6) is 0 Å². The van der Waals surface area contributed by atoms with Crippen LogP contribution >= 0.6 is 23.2 Å². The Morgan fingerprint density at radius 1 is 1.03 bits per heavy atom. The first kappa shape index (κ1) is 25.3. The molecular formula is C25H25Cl2N3O4S. The average molecular weight is 534 g/mol. The van der Waals surface area contributed by atoms with E-state index in [-0.39, 0.29) is 42.6 Å². The molecule has 1 unspecified atom stereocenters. The Balaban J connectivity index is 1.52. The highest BCUT2D eigenvalue weighted by atomic mass is 35.5. The number of anilines is 1. The van der Waals surface area contributed by atoms with E-state index in [0.717, 1.165) is 5.39 Å². The molecule has 0 saturated heterocycles. The molecule has 7 nitrogen and oxygen atoms in total. The Morgan fingerprint density at radius 3 is 2.31 bits per heavy atom. The molecule has 0 fully saturated rings. The minimum absolute atomic E-state index is 0.0434. The van der Waals surface area contributed by atoms with Crippen LogP contribution in [0.4, 0.5) is 5.69 Å². The lowest BCUT2D eigenvalue weighted by molar-refractivity contribution is -0.140. The van der Waals surface area contributed by atoms with E-state index in [0.29, 0.717) is 26.7 Å². The summed E-state index contributed by atoms with van der Waals surface area (Å²) in [5, 5.41) is 4.90. The number of benzene rings is 3. The lowest BCUT2D eigenvalue weighted by Gasteiger charge is -2.29. The number of nitrogens with one attached hydrogen (secondary N) is 1. The van der Waals surface area contributed by atoms with Crippen LogP contribution in [0, 0.1) is 0 Å². The van der Waals surface area contributed by atoms with Gasteiger partial charge in [-0.15, -0.1) is 0 Å². The summed E-state index contributed by atoms with van der Waals surface area (Å²) in [5.41, 5.74) is 1.16. The third kappa shape index (κ3) is 4.70. The van der Waals surface area contributed by atoms with Crippen LogP contribution in [0.15, 0.2) is 59.5 Å². The van der Waals surface area contributed by atoms with Gasteiger partial charge in [0.1, 0.15) is 6.04 Å². The van der Waals surface area contributed by atoms with Crippen molar-refractivity contribution in [1.29, 1.82) is 0 Å². The van der Waals surface area contributed by atoms with Gasteiger partial charge in [-0.25, -0.2) is 8.42 Å². The zero-order valence-electron chi connectivity index (χ0n) is 19.3. The van der Waals surface area contributed by atoms with E-state index in [2.05, 4.69) is 5.32 Å². The van der Waals surface area contributed by atoms with Gasteiger partial charge in [-0.1, -0.05) is 53.5 Å². The number of nitrogens with zero attached hydrogens (tertiary/aromatic N) is 2. The van der Waals surface area contributed by atoms with Crippen LogP contribution in [-0.4, -0.2) is 44.8 Å². The van der Waals surface area contributed by atoms with Crippen LogP contribution in [-0.2, 0) is 26.2 Å². The summed E-state index contributed by atoms with van der Waals surface area (Å²) in [5.74, 6) is -0.629. The topological polar surface area (TPSA) is 86.8 Å². The Bertz CT molecular complexity index is 1390. The zero-order chi connectivity index (χ0) is 25.3. The molecule has 3 aromatic carbocycles. The summed E-state index contributed by atoms with van der Waals surface area (Å²) >= 11 is 12.6. The van der Waals surface area contributed by atoms with E-state index in [1.807, 2.05) is 18.2 Å². The van der Waals surface area contributed by atoms with Crippen molar-refractivity contribution in [2.75, 3.05) is 17.9 Å². The van der Waals surface area contributed by atoms with Gasteiger partial charge in [-0.05, 0) is 43.0 Å². The molecule has 1 heterocycles. The van der Waals surface area contributed by atoms with Gasteiger partial charge in [-0.2, -0.15) is 0 Å². The van der Waals surface area contributed by atoms with E-state index >= 15 is 0 Å². The van der Waals surface area contributed by atoms with Crippen molar-refractivity contribution in [2.45, 2.75) is 37.2 Å². The lowest BCUT2D eigenvalue weighted by atomic mass is 10.1. The highest BCUT2D eigenvalue weighted by Gasteiger charge is 2.35. The van der Waals surface area contributed by atoms with E-state index in [4.69, 9.17) is 23.2 Å². The number of rotatable bonds is 8. The molecule has 0 spiro atoms. The highest BCUT2D eigenvalue weighted by Crippen LogP contribution is 2.42. The molecule has 184 valence electrons. The van der Waals surface area contributed by atoms with Crippen molar-refractivity contribution in [1.82, 2.24) is 10.2 Å². The first-order chi connectivity index (χ1) is 16.7. The molecule has 1 N–H and O–H groups in total. The maximum Gasteiger partial charge on any atom is 0.265 e. The molecular weight excluding hydrogens is 509 g/mol. The van der Waals surface area contributed by atoms with E-state index in [1.165, 1.54) is 16.3 Å². The third-order valence-corrected chi connectivity index (χ3v) is 8.80. The predicted octanol–water partition coefficient (Wildman–Crippen LogP) is 4.60. The number of carbonyl (C=O) groups excluding carboxylic acids is 2. The average Bonchev–Trinajstić information content (AvgIpc) is 3.06. The molecule has 0 aromatic heterocycles. The predicted molar refractivity (Wildman–Crippen MR) is 138 cm³/mol. The van der Waals surface area contributed by atoms with Crippen molar-refractivity contribution >= 4 is 61.5 Å². The summed E-state index contributed by atoms with van der Waals surface area (Å²) in [7, 11) is -2.20.